The molecule has 0 bridgehead atoms. The number of nitrogens with one attached hydrogen (secondary N) is 1. The van der Waals surface area contributed by atoms with Gasteiger partial charge in [0.2, 0.25) is 5.95 Å². The molecular formula is C11H18N4O. The van der Waals surface area contributed by atoms with Crippen LogP contribution >= 0.6 is 0 Å². The van der Waals surface area contributed by atoms with Crippen molar-refractivity contribution >= 4 is 5.95 Å². The third-order valence-electron chi connectivity index (χ3n) is 2.75. The van der Waals surface area contributed by atoms with Crippen molar-refractivity contribution < 1.29 is 5.11 Å². The second-order valence-corrected chi connectivity index (χ2v) is 4.16. The number of hydrogen-bond donors (Lipinski definition) is 2. The van der Waals surface area contributed by atoms with Crippen molar-refractivity contribution in [2.75, 3.05) is 25.0 Å². The van der Waals surface area contributed by atoms with E-state index in [4.69, 9.17) is 0 Å². The minimum Gasteiger partial charge on any atom is -0.391 e. The van der Waals surface area contributed by atoms with Gasteiger partial charge in [-0.05, 0) is 19.9 Å². The lowest BCUT2D eigenvalue weighted by atomic mass is 10.1. The molecule has 0 radical (unpaired) electrons. The zero-order valence-electron chi connectivity index (χ0n) is 9.56. The van der Waals surface area contributed by atoms with Gasteiger partial charge in [-0.25, -0.2) is 9.97 Å². The van der Waals surface area contributed by atoms with Crippen molar-refractivity contribution in [2.45, 2.75) is 25.5 Å². The lowest BCUT2D eigenvalue weighted by Gasteiger charge is -2.29. The summed E-state index contributed by atoms with van der Waals surface area (Å²) in [6, 6.07) is 0. The Bertz CT molecular complexity index is 327. The van der Waals surface area contributed by atoms with Crippen molar-refractivity contribution in [1.82, 2.24) is 15.3 Å². The topological polar surface area (TPSA) is 61.3 Å². The summed E-state index contributed by atoms with van der Waals surface area (Å²) in [6.45, 7) is 2.36. The number of nitrogens with zero attached hydrogens (tertiary/aromatic N) is 3. The summed E-state index contributed by atoms with van der Waals surface area (Å²) in [5.74, 6) is 0.721. The fraction of sp³-hybridized carbons (Fsp3) is 0.636. The van der Waals surface area contributed by atoms with Crippen molar-refractivity contribution in [1.29, 1.82) is 0 Å². The van der Waals surface area contributed by atoms with E-state index in [1.165, 1.54) is 0 Å². The number of hydrogen-bond acceptors (Lipinski definition) is 5. The SMILES string of the molecule is CNCc1cnc(N2CCCC(O)C2)nc1. The number of aliphatic hydroxyl groups is 1. The zero-order chi connectivity index (χ0) is 11.4. The van der Waals surface area contributed by atoms with E-state index in [-0.39, 0.29) is 6.10 Å². The maximum absolute atomic E-state index is 9.57. The van der Waals surface area contributed by atoms with Crippen LogP contribution in [0.15, 0.2) is 12.4 Å². The highest BCUT2D eigenvalue weighted by Crippen LogP contribution is 2.15. The summed E-state index contributed by atoms with van der Waals surface area (Å²) < 4.78 is 0. The van der Waals surface area contributed by atoms with E-state index in [1.807, 2.05) is 24.3 Å². The predicted molar refractivity (Wildman–Crippen MR) is 62.2 cm³/mol. The van der Waals surface area contributed by atoms with Crippen LogP contribution in [0.2, 0.25) is 0 Å². The Labute approximate surface area is 95.5 Å². The fourth-order valence-corrected chi connectivity index (χ4v) is 1.94. The van der Waals surface area contributed by atoms with Gasteiger partial charge in [0.1, 0.15) is 0 Å². The summed E-state index contributed by atoms with van der Waals surface area (Å²) in [5.41, 5.74) is 1.07. The zero-order valence-corrected chi connectivity index (χ0v) is 9.56. The minimum atomic E-state index is -0.241. The number of anilines is 1. The van der Waals surface area contributed by atoms with Crippen molar-refractivity contribution in [3.05, 3.63) is 18.0 Å². The molecule has 1 atom stereocenters. The molecule has 0 aliphatic carbocycles. The first-order valence-electron chi connectivity index (χ1n) is 5.68. The van der Waals surface area contributed by atoms with Crippen LogP contribution in [0.4, 0.5) is 5.95 Å². The summed E-state index contributed by atoms with van der Waals surface area (Å²) >= 11 is 0. The molecule has 1 aromatic rings. The maximum atomic E-state index is 9.57. The molecule has 88 valence electrons. The Morgan fingerprint density at radius 1 is 1.50 bits per heavy atom. The summed E-state index contributed by atoms with van der Waals surface area (Å²) in [5, 5.41) is 12.6. The van der Waals surface area contributed by atoms with Crippen LogP contribution in [0.3, 0.4) is 0 Å². The first-order valence-corrected chi connectivity index (χ1v) is 5.68. The molecule has 2 N–H and O–H groups in total. The third kappa shape index (κ3) is 2.68. The maximum Gasteiger partial charge on any atom is 0.225 e. The summed E-state index contributed by atoms with van der Waals surface area (Å²) in [6.07, 6.45) is 5.31. The first kappa shape index (κ1) is 11.3. The highest BCUT2D eigenvalue weighted by Gasteiger charge is 2.19. The van der Waals surface area contributed by atoms with Crippen LogP contribution in [-0.2, 0) is 6.54 Å². The van der Waals surface area contributed by atoms with E-state index in [0.29, 0.717) is 6.54 Å². The highest BCUT2D eigenvalue weighted by atomic mass is 16.3. The van der Waals surface area contributed by atoms with E-state index in [2.05, 4.69) is 15.3 Å². The molecule has 1 unspecified atom stereocenters. The molecule has 16 heavy (non-hydrogen) atoms. The molecule has 1 aromatic heterocycles. The molecule has 5 nitrogen and oxygen atoms in total. The van der Waals surface area contributed by atoms with E-state index in [0.717, 1.165) is 37.4 Å². The van der Waals surface area contributed by atoms with Crippen molar-refractivity contribution in [2.24, 2.45) is 0 Å². The van der Waals surface area contributed by atoms with E-state index in [9.17, 15) is 5.11 Å². The largest absolute Gasteiger partial charge is 0.391 e. The van der Waals surface area contributed by atoms with Gasteiger partial charge >= 0.3 is 0 Å². The van der Waals surface area contributed by atoms with Crippen LogP contribution in [0, 0.1) is 0 Å². The van der Waals surface area contributed by atoms with Gasteiger partial charge in [-0.1, -0.05) is 0 Å². The lowest BCUT2D eigenvalue weighted by molar-refractivity contribution is 0.153. The van der Waals surface area contributed by atoms with Crippen LogP contribution in [0.5, 0.6) is 0 Å². The van der Waals surface area contributed by atoms with Gasteiger partial charge in [-0.15, -0.1) is 0 Å². The molecule has 0 aromatic carbocycles. The number of β-amino-alcohol motifs (C(OH)–C–C–N with tert-alkyl or cyclic N) is 1. The second-order valence-electron chi connectivity index (χ2n) is 4.16. The molecule has 2 rings (SSSR count). The van der Waals surface area contributed by atoms with Gasteiger partial charge in [0, 0.05) is 37.6 Å². The molecule has 1 saturated heterocycles. The fourth-order valence-electron chi connectivity index (χ4n) is 1.94. The van der Waals surface area contributed by atoms with Gasteiger partial charge in [0.25, 0.3) is 0 Å². The van der Waals surface area contributed by atoms with Crippen LogP contribution < -0.4 is 10.2 Å². The molecule has 5 heteroatoms. The molecule has 1 aliphatic heterocycles. The van der Waals surface area contributed by atoms with Gasteiger partial charge < -0.3 is 15.3 Å². The summed E-state index contributed by atoms with van der Waals surface area (Å²) in [7, 11) is 1.90. The van der Waals surface area contributed by atoms with Gasteiger partial charge in [0.05, 0.1) is 6.10 Å². The molecule has 0 saturated carbocycles. The highest BCUT2D eigenvalue weighted by molar-refractivity contribution is 5.30. The normalized spacial score (nSPS) is 21.1. The molecule has 0 amide bonds. The van der Waals surface area contributed by atoms with Crippen molar-refractivity contribution in [3.63, 3.8) is 0 Å². The molecule has 2 heterocycles. The number of aliphatic hydroxyl groups excluding tert-OH is 1. The molecule has 1 aliphatic rings. The van der Waals surface area contributed by atoms with Gasteiger partial charge in [0.15, 0.2) is 0 Å². The monoisotopic (exact) mass is 222 g/mol. The standard InChI is InChI=1S/C11H18N4O/c1-12-5-9-6-13-11(14-7-9)15-4-2-3-10(16)8-15/h6-7,10,12,16H,2-5,8H2,1H3. The first-order chi connectivity index (χ1) is 7.79. The Morgan fingerprint density at radius 2 is 2.25 bits per heavy atom. The molecule has 0 spiro atoms. The molecular weight excluding hydrogens is 204 g/mol. The van der Waals surface area contributed by atoms with E-state index in [1.54, 1.807) is 0 Å². The third-order valence-corrected chi connectivity index (χ3v) is 2.75. The second kappa shape index (κ2) is 5.23. The van der Waals surface area contributed by atoms with E-state index < -0.39 is 0 Å². The van der Waals surface area contributed by atoms with Gasteiger partial charge in [-0.2, -0.15) is 0 Å². The number of piperidine rings is 1. The van der Waals surface area contributed by atoms with Crippen LogP contribution in [0.25, 0.3) is 0 Å². The molecule has 1 fully saturated rings. The van der Waals surface area contributed by atoms with Crippen LogP contribution in [0.1, 0.15) is 18.4 Å². The summed E-state index contributed by atoms with van der Waals surface area (Å²) in [4.78, 5) is 10.7. The quantitative estimate of drug-likeness (QED) is 0.762. The lowest BCUT2D eigenvalue weighted by Crippen LogP contribution is -2.39. The van der Waals surface area contributed by atoms with E-state index >= 15 is 0 Å². The Morgan fingerprint density at radius 3 is 2.88 bits per heavy atom. The predicted octanol–water partition coefficient (Wildman–Crippen LogP) is 0.157. The minimum absolute atomic E-state index is 0.241. The Balaban J connectivity index is 2.03. The van der Waals surface area contributed by atoms with Gasteiger partial charge in [-0.3, -0.25) is 0 Å². The Kier molecular flexibility index (Phi) is 3.69. The smallest absolute Gasteiger partial charge is 0.225 e. The number of rotatable bonds is 3. The van der Waals surface area contributed by atoms with Crippen molar-refractivity contribution in [3.8, 4) is 0 Å². The van der Waals surface area contributed by atoms with Crippen LogP contribution in [-0.4, -0.2) is 41.3 Å². The average molecular weight is 222 g/mol. The average Bonchev–Trinajstić information content (AvgIpc) is 2.30. The number of aromatic nitrogens is 2. The Hall–Kier alpha value is -1.20.